The summed E-state index contributed by atoms with van der Waals surface area (Å²) >= 11 is 0. The zero-order chi connectivity index (χ0) is 3.70. The molecule has 3 N–H and O–H groups in total. The number of hydrogen-bond donors (Lipinski definition) is 2. The maximum Gasteiger partial charge on any atom is 0.0292 e. The first kappa shape index (κ1) is 15.9. The van der Waals surface area contributed by atoms with Crippen LogP contribution in [0.5, 0.6) is 0 Å². The minimum Gasteiger partial charge on any atom is -0.326 e. The lowest BCUT2D eigenvalue weighted by Gasteiger charge is -2.21. The molecule has 0 spiro atoms. The molecule has 0 bridgehead atoms. The van der Waals surface area contributed by atoms with Crippen LogP contribution in [0.25, 0.3) is 0 Å². The molecular weight excluding hydrogens is 170 g/mol. The Morgan fingerprint density at radius 3 is 1.38 bits per heavy atom. The summed E-state index contributed by atoms with van der Waals surface area (Å²) in [5, 5.41) is 3.04. The quantitative estimate of drug-likeness (QED) is 0.560. The van der Waals surface area contributed by atoms with E-state index in [1.807, 2.05) is 0 Å². The van der Waals surface area contributed by atoms with Gasteiger partial charge in [-0.3, -0.25) is 0 Å². The highest BCUT2D eigenvalue weighted by Crippen LogP contribution is 1.80. The van der Waals surface area contributed by atoms with Crippen LogP contribution in [0, 0.1) is 0 Å². The van der Waals surface area contributed by atoms with Crippen molar-refractivity contribution in [2.24, 2.45) is 5.73 Å². The SMILES string of the molecule is Cl.Cl.Cl.NC1CNC1. The van der Waals surface area contributed by atoms with Crippen molar-refractivity contribution in [1.82, 2.24) is 5.32 Å². The fraction of sp³-hybridized carbons (Fsp3) is 1.00. The summed E-state index contributed by atoms with van der Waals surface area (Å²) in [7, 11) is 0. The maximum atomic E-state index is 5.32. The fourth-order valence-electron chi connectivity index (χ4n) is 0.311. The van der Waals surface area contributed by atoms with Crippen LogP contribution in [-0.2, 0) is 0 Å². The van der Waals surface area contributed by atoms with E-state index in [0.29, 0.717) is 6.04 Å². The lowest BCUT2D eigenvalue weighted by atomic mass is 10.2. The number of rotatable bonds is 0. The number of hydrogen-bond acceptors (Lipinski definition) is 2. The van der Waals surface area contributed by atoms with Gasteiger partial charge in [-0.05, 0) is 0 Å². The van der Waals surface area contributed by atoms with E-state index in [1.165, 1.54) is 0 Å². The van der Waals surface area contributed by atoms with Crippen LogP contribution in [-0.4, -0.2) is 19.1 Å². The minimum absolute atomic E-state index is 0. The highest BCUT2D eigenvalue weighted by molar-refractivity contribution is 5.86. The van der Waals surface area contributed by atoms with Crippen LogP contribution in [0.4, 0.5) is 0 Å². The third-order valence-electron chi connectivity index (χ3n) is 0.813. The second-order valence-corrected chi connectivity index (χ2v) is 1.42. The van der Waals surface area contributed by atoms with Crippen LogP contribution in [0.1, 0.15) is 0 Å². The lowest BCUT2D eigenvalue weighted by Crippen LogP contribution is -2.52. The van der Waals surface area contributed by atoms with Gasteiger partial charge in [0.15, 0.2) is 0 Å². The zero-order valence-electron chi connectivity index (χ0n) is 4.29. The first-order valence-electron chi connectivity index (χ1n) is 1.86. The van der Waals surface area contributed by atoms with Gasteiger partial charge in [-0.2, -0.15) is 0 Å². The molecule has 8 heavy (non-hydrogen) atoms. The van der Waals surface area contributed by atoms with Gasteiger partial charge in [-0.1, -0.05) is 0 Å². The summed E-state index contributed by atoms with van der Waals surface area (Å²) < 4.78 is 0. The van der Waals surface area contributed by atoms with Crippen molar-refractivity contribution in [3.8, 4) is 0 Å². The average Bonchev–Trinajstić information content (AvgIpc) is 1.30. The average molecular weight is 181 g/mol. The van der Waals surface area contributed by atoms with E-state index in [9.17, 15) is 0 Å². The molecule has 2 nitrogen and oxygen atoms in total. The highest BCUT2D eigenvalue weighted by Gasteiger charge is 2.08. The molecule has 0 aromatic heterocycles. The van der Waals surface area contributed by atoms with Crippen molar-refractivity contribution in [3.63, 3.8) is 0 Å². The van der Waals surface area contributed by atoms with Gasteiger partial charge in [0.1, 0.15) is 0 Å². The summed E-state index contributed by atoms with van der Waals surface area (Å²) in [6.07, 6.45) is 0. The van der Waals surface area contributed by atoms with E-state index in [2.05, 4.69) is 5.32 Å². The monoisotopic (exact) mass is 180 g/mol. The van der Waals surface area contributed by atoms with Crippen LogP contribution in [0.15, 0.2) is 0 Å². The number of nitrogens with one attached hydrogen (secondary N) is 1. The Bertz CT molecular complexity index is 39.5. The molecule has 54 valence electrons. The van der Waals surface area contributed by atoms with Gasteiger partial charge in [0.25, 0.3) is 0 Å². The molecule has 0 amide bonds. The van der Waals surface area contributed by atoms with Gasteiger partial charge in [-0.15, -0.1) is 37.2 Å². The molecule has 1 fully saturated rings. The minimum atomic E-state index is 0. The van der Waals surface area contributed by atoms with E-state index >= 15 is 0 Å². The predicted octanol–water partition coefficient (Wildman–Crippen LogP) is 0.182. The largest absolute Gasteiger partial charge is 0.326 e. The summed E-state index contributed by atoms with van der Waals surface area (Å²) in [6.45, 7) is 2.03. The van der Waals surface area contributed by atoms with Crippen molar-refractivity contribution in [2.45, 2.75) is 6.04 Å². The molecule has 0 radical (unpaired) electrons. The van der Waals surface area contributed by atoms with Gasteiger partial charge in [0, 0.05) is 19.1 Å². The first-order chi connectivity index (χ1) is 2.39. The number of halogens is 3. The molecule has 1 aliphatic rings. The summed E-state index contributed by atoms with van der Waals surface area (Å²) in [4.78, 5) is 0. The van der Waals surface area contributed by atoms with Gasteiger partial charge in [0.05, 0.1) is 0 Å². The van der Waals surface area contributed by atoms with Crippen LogP contribution in [0.3, 0.4) is 0 Å². The normalized spacial score (nSPS) is 16.1. The molecule has 0 aliphatic carbocycles. The first-order valence-corrected chi connectivity index (χ1v) is 1.86. The van der Waals surface area contributed by atoms with Crippen molar-refractivity contribution in [3.05, 3.63) is 0 Å². The lowest BCUT2D eigenvalue weighted by molar-refractivity contribution is 0.445. The Hall–Kier alpha value is 0.790. The van der Waals surface area contributed by atoms with E-state index in [1.54, 1.807) is 0 Å². The molecule has 0 unspecified atom stereocenters. The molecule has 1 aliphatic heterocycles. The van der Waals surface area contributed by atoms with E-state index in [4.69, 9.17) is 5.73 Å². The molecule has 0 aromatic carbocycles. The van der Waals surface area contributed by atoms with Crippen LogP contribution >= 0.6 is 37.2 Å². The van der Waals surface area contributed by atoms with E-state index in [0.717, 1.165) is 13.1 Å². The van der Waals surface area contributed by atoms with E-state index in [-0.39, 0.29) is 37.2 Å². The van der Waals surface area contributed by atoms with Gasteiger partial charge >= 0.3 is 0 Å². The third kappa shape index (κ3) is 4.94. The molecule has 0 atom stereocenters. The smallest absolute Gasteiger partial charge is 0.0292 e. The second kappa shape index (κ2) is 7.79. The topological polar surface area (TPSA) is 38.0 Å². The second-order valence-electron chi connectivity index (χ2n) is 1.42. The van der Waals surface area contributed by atoms with E-state index < -0.39 is 0 Å². The Morgan fingerprint density at radius 2 is 1.38 bits per heavy atom. The number of nitrogens with two attached hydrogens (primary N) is 1. The molecule has 0 aromatic rings. The Labute approximate surface area is 67.8 Å². The van der Waals surface area contributed by atoms with Crippen LogP contribution < -0.4 is 11.1 Å². The van der Waals surface area contributed by atoms with Gasteiger partial charge < -0.3 is 11.1 Å². The summed E-state index contributed by atoms with van der Waals surface area (Å²) in [6, 6.07) is 0.454. The molecule has 5 heteroatoms. The van der Waals surface area contributed by atoms with Crippen molar-refractivity contribution in [2.75, 3.05) is 13.1 Å². The maximum absolute atomic E-state index is 5.32. The fourth-order valence-corrected chi connectivity index (χ4v) is 0.311. The van der Waals surface area contributed by atoms with Crippen LogP contribution in [0.2, 0.25) is 0 Å². The molecular formula is C3H11Cl3N2. The van der Waals surface area contributed by atoms with Gasteiger partial charge in [0.2, 0.25) is 0 Å². The molecule has 0 saturated carbocycles. The Morgan fingerprint density at radius 1 is 1.12 bits per heavy atom. The highest BCUT2D eigenvalue weighted by atomic mass is 35.5. The Balaban J connectivity index is -0.0000000833. The molecule has 1 rings (SSSR count). The predicted molar refractivity (Wildman–Crippen MR) is 42.6 cm³/mol. The zero-order valence-corrected chi connectivity index (χ0v) is 6.74. The van der Waals surface area contributed by atoms with Crippen molar-refractivity contribution < 1.29 is 0 Å². The standard InChI is InChI=1S/C3H8N2.3ClH/c4-3-1-5-2-3;;;/h3,5H,1-2,4H2;3*1H. The summed E-state index contributed by atoms with van der Waals surface area (Å²) in [5.41, 5.74) is 5.32. The Kier molecular flexibility index (Phi) is 15.5. The summed E-state index contributed by atoms with van der Waals surface area (Å²) in [5.74, 6) is 0. The third-order valence-corrected chi connectivity index (χ3v) is 0.813. The van der Waals surface area contributed by atoms with Crippen molar-refractivity contribution in [1.29, 1.82) is 0 Å². The van der Waals surface area contributed by atoms with Gasteiger partial charge in [-0.25, -0.2) is 0 Å². The molecule has 1 saturated heterocycles. The van der Waals surface area contributed by atoms with Crippen molar-refractivity contribution >= 4 is 37.2 Å². The molecule has 1 heterocycles.